The lowest BCUT2D eigenvalue weighted by atomic mass is 9.99. The Morgan fingerprint density at radius 2 is 1.96 bits per heavy atom. The van der Waals surface area contributed by atoms with Gasteiger partial charge in [0, 0.05) is 24.8 Å². The fraction of sp³-hybridized carbons (Fsp3) is 0.421. The first kappa shape index (κ1) is 17.7. The van der Waals surface area contributed by atoms with Gasteiger partial charge in [0.25, 0.3) is 0 Å². The number of methoxy groups -OCH3 is 1. The second-order valence-electron chi connectivity index (χ2n) is 6.30. The molecule has 1 amide bonds. The van der Waals surface area contributed by atoms with Gasteiger partial charge in [0.2, 0.25) is 5.91 Å². The van der Waals surface area contributed by atoms with Crippen LogP contribution >= 0.6 is 11.8 Å². The molecule has 2 aromatic rings. The number of piperidine rings is 1. The third-order valence-corrected chi connectivity index (χ3v) is 5.33. The van der Waals surface area contributed by atoms with Crippen molar-refractivity contribution < 1.29 is 9.53 Å². The highest BCUT2D eigenvalue weighted by Crippen LogP contribution is 2.23. The third kappa shape index (κ3) is 4.72. The predicted molar refractivity (Wildman–Crippen MR) is 99.7 cm³/mol. The van der Waals surface area contributed by atoms with E-state index in [2.05, 4.69) is 16.9 Å². The molecule has 6 heteroatoms. The van der Waals surface area contributed by atoms with Crippen molar-refractivity contribution in [2.45, 2.75) is 24.9 Å². The highest BCUT2D eigenvalue weighted by atomic mass is 32.2. The summed E-state index contributed by atoms with van der Waals surface area (Å²) in [7, 11) is 1.65. The van der Waals surface area contributed by atoms with E-state index in [0.29, 0.717) is 10.9 Å². The van der Waals surface area contributed by atoms with Gasteiger partial charge in [-0.15, -0.1) is 0 Å². The molecule has 132 valence electrons. The number of hydrogen-bond acceptors (Lipinski definition) is 5. The van der Waals surface area contributed by atoms with Crippen LogP contribution in [0.5, 0.6) is 5.75 Å². The molecule has 0 unspecified atom stereocenters. The first-order valence-electron chi connectivity index (χ1n) is 8.54. The van der Waals surface area contributed by atoms with Crippen LogP contribution in [-0.4, -0.2) is 46.7 Å². The minimum Gasteiger partial charge on any atom is -0.497 e. The zero-order valence-corrected chi connectivity index (χ0v) is 15.5. The zero-order valence-electron chi connectivity index (χ0n) is 14.6. The van der Waals surface area contributed by atoms with Crippen LogP contribution in [0.2, 0.25) is 0 Å². The molecule has 5 nitrogen and oxygen atoms in total. The minimum atomic E-state index is 0.176. The summed E-state index contributed by atoms with van der Waals surface area (Å²) in [5, 5.41) is 0.632. The largest absolute Gasteiger partial charge is 0.497 e. The molecule has 1 fully saturated rings. The van der Waals surface area contributed by atoms with E-state index in [1.807, 2.05) is 35.2 Å². The van der Waals surface area contributed by atoms with Gasteiger partial charge >= 0.3 is 0 Å². The number of thioether (sulfide) groups is 1. The number of benzene rings is 1. The maximum Gasteiger partial charge on any atom is 0.233 e. The van der Waals surface area contributed by atoms with Crippen molar-refractivity contribution in [2.75, 3.05) is 26.0 Å². The van der Waals surface area contributed by atoms with E-state index in [9.17, 15) is 4.79 Å². The van der Waals surface area contributed by atoms with Crippen LogP contribution in [0.1, 0.15) is 19.8 Å². The molecule has 3 rings (SSSR count). The van der Waals surface area contributed by atoms with Crippen LogP contribution in [0.25, 0.3) is 11.3 Å². The number of amides is 1. The van der Waals surface area contributed by atoms with Gasteiger partial charge in [-0.3, -0.25) is 4.79 Å². The summed E-state index contributed by atoms with van der Waals surface area (Å²) >= 11 is 1.40. The van der Waals surface area contributed by atoms with E-state index in [1.165, 1.54) is 11.8 Å². The Bertz CT molecular complexity index is 713. The number of carbonyl (C=O) groups excluding carboxylic acids is 1. The van der Waals surface area contributed by atoms with Crippen LogP contribution in [0.4, 0.5) is 0 Å². The summed E-state index contributed by atoms with van der Waals surface area (Å²) in [6.45, 7) is 3.98. The topological polar surface area (TPSA) is 55.3 Å². The molecular formula is C19H23N3O2S. The number of likely N-dealkylation sites (tertiary alicyclic amines) is 1. The molecule has 0 atom stereocenters. The number of nitrogens with zero attached hydrogens (tertiary/aromatic N) is 3. The molecule has 2 heterocycles. The molecule has 0 aliphatic carbocycles. The first-order chi connectivity index (χ1) is 12.2. The number of rotatable bonds is 5. The monoisotopic (exact) mass is 357 g/mol. The van der Waals surface area contributed by atoms with Crippen LogP contribution in [0.15, 0.2) is 41.7 Å². The fourth-order valence-electron chi connectivity index (χ4n) is 2.81. The molecule has 1 saturated heterocycles. The van der Waals surface area contributed by atoms with Crippen molar-refractivity contribution in [3.8, 4) is 17.0 Å². The molecule has 0 spiro atoms. The molecule has 0 saturated carbocycles. The lowest BCUT2D eigenvalue weighted by Crippen LogP contribution is -2.38. The average molecular weight is 357 g/mol. The van der Waals surface area contributed by atoms with E-state index in [4.69, 9.17) is 4.74 Å². The lowest BCUT2D eigenvalue weighted by Gasteiger charge is -2.30. The molecule has 0 N–H and O–H groups in total. The molecular weight excluding hydrogens is 334 g/mol. The zero-order chi connectivity index (χ0) is 17.6. The van der Waals surface area contributed by atoms with Crippen LogP contribution in [0, 0.1) is 5.92 Å². The Hall–Kier alpha value is -2.08. The SMILES string of the molecule is COc1ccc(-c2ccnc(SCC(=O)N3CCC(C)CC3)n2)cc1. The summed E-state index contributed by atoms with van der Waals surface area (Å²) in [6.07, 6.45) is 3.93. The number of hydrogen-bond donors (Lipinski definition) is 0. The number of carbonyl (C=O) groups is 1. The lowest BCUT2D eigenvalue weighted by molar-refractivity contribution is -0.129. The van der Waals surface area contributed by atoms with Gasteiger partial charge < -0.3 is 9.64 Å². The highest BCUT2D eigenvalue weighted by Gasteiger charge is 2.20. The van der Waals surface area contributed by atoms with E-state index in [1.54, 1.807) is 13.3 Å². The second-order valence-corrected chi connectivity index (χ2v) is 7.25. The Morgan fingerprint density at radius 1 is 1.24 bits per heavy atom. The van der Waals surface area contributed by atoms with Gasteiger partial charge in [0.15, 0.2) is 5.16 Å². The fourth-order valence-corrected chi connectivity index (χ4v) is 3.54. The average Bonchev–Trinajstić information content (AvgIpc) is 2.67. The van der Waals surface area contributed by atoms with Gasteiger partial charge in [0.1, 0.15) is 5.75 Å². The Balaban J connectivity index is 1.60. The normalized spacial score (nSPS) is 15.2. The van der Waals surface area contributed by atoms with Crippen molar-refractivity contribution in [2.24, 2.45) is 5.92 Å². The maximum atomic E-state index is 12.3. The van der Waals surface area contributed by atoms with Crippen molar-refractivity contribution in [1.29, 1.82) is 0 Å². The second kappa shape index (κ2) is 8.34. The summed E-state index contributed by atoms with van der Waals surface area (Å²) < 4.78 is 5.18. The maximum absolute atomic E-state index is 12.3. The molecule has 1 aliphatic rings. The highest BCUT2D eigenvalue weighted by molar-refractivity contribution is 7.99. The van der Waals surface area contributed by atoms with E-state index >= 15 is 0 Å². The van der Waals surface area contributed by atoms with Gasteiger partial charge in [-0.2, -0.15) is 0 Å². The van der Waals surface area contributed by atoms with Gasteiger partial charge in [-0.05, 0) is 49.1 Å². The van der Waals surface area contributed by atoms with E-state index in [-0.39, 0.29) is 5.91 Å². The van der Waals surface area contributed by atoms with E-state index < -0.39 is 0 Å². The summed E-state index contributed by atoms with van der Waals surface area (Å²) in [4.78, 5) is 23.1. The van der Waals surface area contributed by atoms with Crippen molar-refractivity contribution in [3.63, 3.8) is 0 Å². The number of aromatic nitrogens is 2. The third-order valence-electron chi connectivity index (χ3n) is 4.48. The molecule has 1 aromatic carbocycles. The van der Waals surface area contributed by atoms with Crippen molar-refractivity contribution >= 4 is 17.7 Å². The van der Waals surface area contributed by atoms with Gasteiger partial charge in [0.05, 0.1) is 18.6 Å². The van der Waals surface area contributed by atoms with Gasteiger partial charge in [-0.25, -0.2) is 9.97 Å². The van der Waals surface area contributed by atoms with Crippen LogP contribution < -0.4 is 4.74 Å². The molecule has 25 heavy (non-hydrogen) atoms. The van der Waals surface area contributed by atoms with Crippen LogP contribution in [0.3, 0.4) is 0 Å². The predicted octanol–water partition coefficient (Wildman–Crippen LogP) is 3.50. The van der Waals surface area contributed by atoms with Gasteiger partial charge in [-0.1, -0.05) is 18.7 Å². The Morgan fingerprint density at radius 3 is 2.64 bits per heavy atom. The Labute approximate surface area is 152 Å². The minimum absolute atomic E-state index is 0.176. The summed E-state index contributed by atoms with van der Waals surface area (Å²) in [6, 6.07) is 9.63. The van der Waals surface area contributed by atoms with Crippen molar-refractivity contribution in [3.05, 3.63) is 36.5 Å². The first-order valence-corrected chi connectivity index (χ1v) is 9.52. The Kier molecular flexibility index (Phi) is 5.91. The smallest absolute Gasteiger partial charge is 0.233 e. The van der Waals surface area contributed by atoms with Crippen molar-refractivity contribution in [1.82, 2.24) is 14.9 Å². The molecule has 0 bridgehead atoms. The number of ether oxygens (including phenoxy) is 1. The van der Waals surface area contributed by atoms with E-state index in [0.717, 1.165) is 48.9 Å². The molecule has 0 radical (unpaired) electrons. The summed E-state index contributed by atoms with van der Waals surface area (Å²) in [5.74, 6) is 2.10. The molecule has 1 aromatic heterocycles. The standard InChI is InChI=1S/C19H23N3O2S/c1-14-8-11-22(12-9-14)18(23)13-25-19-20-10-7-17(21-19)15-3-5-16(24-2)6-4-15/h3-7,10,14H,8-9,11-13H2,1-2H3. The summed E-state index contributed by atoms with van der Waals surface area (Å²) in [5.41, 5.74) is 1.85. The molecule has 1 aliphatic heterocycles. The van der Waals surface area contributed by atoms with Crippen LogP contribution in [-0.2, 0) is 4.79 Å². The quantitative estimate of drug-likeness (QED) is 0.605.